The summed E-state index contributed by atoms with van der Waals surface area (Å²) in [4.78, 5) is 46.2. The van der Waals surface area contributed by atoms with Crippen LogP contribution in [-0.2, 0) is 9.53 Å². The fourth-order valence-electron chi connectivity index (χ4n) is 3.71. The van der Waals surface area contributed by atoms with Gasteiger partial charge in [-0.1, -0.05) is 6.07 Å². The van der Waals surface area contributed by atoms with Crippen LogP contribution in [0, 0.1) is 13.8 Å². The van der Waals surface area contributed by atoms with Crippen LogP contribution in [0.25, 0.3) is 11.3 Å². The molecule has 0 radical (unpaired) electrons. The first-order chi connectivity index (χ1) is 17.7. The molecule has 0 saturated carbocycles. The molecule has 2 unspecified atom stereocenters. The van der Waals surface area contributed by atoms with Crippen molar-refractivity contribution < 1.29 is 29.3 Å². The Morgan fingerprint density at radius 1 is 1.24 bits per heavy atom. The fourth-order valence-corrected chi connectivity index (χ4v) is 4.56. The number of nitrogens with zero attached hydrogens (tertiary/aromatic N) is 2. The van der Waals surface area contributed by atoms with Crippen molar-refractivity contribution in [3.05, 3.63) is 34.9 Å². The average molecular weight is 533 g/mol. The Bertz CT molecular complexity index is 1150. The van der Waals surface area contributed by atoms with Crippen molar-refractivity contribution in [3.8, 4) is 11.3 Å². The summed E-state index contributed by atoms with van der Waals surface area (Å²) in [6, 6.07) is 5.48. The third-order valence-corrected chi connectivity index (χ3v) is 6.50. The van der Waals surface area contributed by atoms with Gasteiger partial charge in [-0.25, -0.2) is 14.8 Å². The minimum Gasteiger partial charge on any atom is -0.426 e. The molecule has 200 valence electrons. The first-order valence-electron chi connectivity index (χ1n) is 11.9. The highest BCUT2D eigenvalue weighted by atomic mass is 32.2. The smallest absolute Gasteiger partial charge is 0.409 e. The van der Waals surface area contributed by atoms with E-state index >= 15 is 0 Å². The number of benzene rings is 1. The topological polar surface area (TPSA) is 189 Å². The van der Waals surface area contributed by atoms with E-state index in [0.29, 0.717) is 28.5 Å². The van der Waals surface area contributed by atoms with Crippen LogP contribution in [0.15, 0.2) is 23.2 Å². The second-order valence-corrected chi connectivity index (χ2v) is 9.72. The van der Waals surface area contributed by atoms with Crippen molar-refractivity contribution in [3.63, 3.8) is 0 Å². The zero-order valence-corrected chi connectivity index (χ0v) is 21.6. The number of rotatable bonds is 4. The normalized spacial score (nSPS) is 17.7. The molecule has 1 aliphatic heterocycles. The Morgan fingerprint density at radius 3 is 2.76 bits per heavy atom. The highest BCUT2D eigenvalue weighted by Gasteiger charge is 2.20. The Morgan fingerprint density at radius 2 is 2.00 bits per heavy atom. The number of amides is 3. The molecule has 0 fully saturated rings. The van der Waals surface area contributed by atoms with Gasteiger partial charge in [-0.15, -0.1) is 11.8 Å². The molecule has 0 saturated heterocycles. The minimum atomic E-state index is -1.13. The predicted molar refractivity (Wildman–Crippen MR) is 138 cm³/mol. The number of alkyl carbamates (subject to hydrolysis) is 1. The number of carbonyl (C=O) groups is 3. The quantitative estimate of drug-likeness (QED) is 0.308. The number of aromatic nitrogens is 2. The first-order valence-corrected chi connectivity index (χ1v) is 12.8. The molecule has 1 aromatic carbocycles. The number of carbonyl (C=O) groups excluding carboxylic acids is 3. The van der Waals surface area contributed by atoms with Crippen LogP contribution in [0.5, 0.6) is 0 Å². The van der Waals surface area contributed by atoms with Gasteiger partial charge < -0.3 is 36.6 Å². The van der Waals surface area contributed by atoms with Gasteiger partial charge in [0.15, 0.2) is 6.23 Å². The van der Waals surface area contributed by atoms with Gasteiger partial charge >= 0.3 is 6.09 Å². The van der Waals surface area contributed by atoms with Crippen LogP contribution in [0.4, 0.5) is 10.7 Å². The third-order valence-electron chi connectivity index (χ3n) is 5.58. The number of thioether (sulfide) groups is 1. The number of aryl methyl sites for hydroxylation is 2. The fraction of sp³-hybridized carbons (Fsp3) is 0.458. The molecule has 12 nitrogen and oxygen atoms in total. The van der Waals surface area contributed by atoms with E-state index in [4.69, 9.17) is 15.6 Å². The lowest BCUT2D eigenvalue weighted by Gasteiger charge is -2.20. The summed E-state index contributed by atoms with van der Waals surface area (Å²) in [7, 11) is 0. The monoisotopic (exact) mass is 532 g/mol. The average Bonchev–Trinajstić information content (AvgIpc) is 2.84. The molecule has 4 bridgehead atoms. The van der Waals surface area contributed by atoms with E-state index in [1.165, 1.54) is 11.8 Å². The van der Waals surface area contributed by atoms with Crippen LogP contribution < -0.4 is 21.7 Å². The molecular weight excluding hydrogens is 500 g/mol. The summed E-state index contributed by atoms with van der Waals surface area (Å²) in [6.45, 7) is 3.35. The van der Waals surface area contributed by atoms with E-state index in [0.717, 1.165) is 16.7 Å². The molecule has 37 heavy (non-hydrogen) atoms. The van der Waals surface area contributed by atoms with E-state index in [1.807, 2.05) is 19.9 Å². The molecular formula is C24H32N6O6S. The summed E-state index contributed by atoms with van der Waals surface area (Å²) in [5, 5.41) is 26.7. The molecule has 3 amide bonds. The minimum absolute atomic E-state index is 0.0825. The van der Waals surface area contributed by atoms with Gasteiger partial charge in [-0.3, -0.25) is 9.59 Å². The predicted octanol–water partition coefficient (Wildman–Crippen LogP) is 0.870. The molecule has 2 heterocycles. The summed E-state index contributed by atoms with van der Waals surface area (Å²) in [5.41, 5.74) is 9.54. The summed E-state index contributed by atoms with van der Waals surface area (Å²) >= 11 is 1.33. The van der Waals surface area contributed by atoms with Crippen molar-refractivity contribution in [2.45, 2.75) is 50.5 Å². The maximum Gasteiger partial charge on any atom is 0.409 e. The number of anilines is 1. The highest BCUT2D eigenvalue weighted by molar-refractivity contribution is 7.99. The van der Waals surface area contributed by atoms with Crippen molar-refractivity contribution in [1.29, 1.82) is 0 Å². The van der Waals surface area contributed by atoms with Crippen molar-refractivity contribution in [2.24, 2.45) is 0 Å². The number of hydrogen-bond donors (Lipinski definition) is 6. The highest BCUT2D eigenvalue weighted by Crippen LogP contribution is 2.29. The summed E-state index contributed by atoms with van der Waals surface area (Å²) < 4.78 is 5.30. The molecule has 2 atom stereocenters. The molecule has 1 aliphatic rings. The summed E-state index contributed by atoms with van der Waals surface area (Å²) in [6.07, 6.45) is -2.15. The Hall–Kier alpha value is -3.42. The van der Waals surface area contributed by atoms with Crippen LogP contribution in [-0.4, -0.2) is 75.9 Å². The van der Waals surface area contributed by atoms with Crippen LogP contribution in [0.1, 0.15) is 40.7 Å². The third kappa shape index (κ3) is 8.30. The van der Waals surface area contributed by atoms with E-state index in [1.54, 1.807) is 12.1 Å². The zero-order valence-electron chi connectivity index (χ0n) is 20.7. The number of fused-ring (bicyclic) bond motifs is 5. The Balaban J connectivity index is 1.81. The molecule has 3 rings (SSSR count). The Labute approximate surface area is 218 Å². The molecule has 0 spiro atoms. The van der Waals surface area contributed by atoms with Gasteiger partial charge in [0.1, 0.15) is 5.03 Å². The van der Waals surface area contributed by atoms with Crippen molar-refractivity contribution >= 4 is 35.6 Å². The number of ether oxygens (including phenoxy) is 1. The largest absolute Gasteiger partial charge is 0.426 e. The zero-order chi connectivity index (χ0) is 26.9. The Kier molecular flexibility index (Phi) is 10.1. The lowest BCUT2D eigenvalue weighted by molar-refractivity contribution is -0.123. The van der Waals surface area contributed by atoms with Crippen LogP contribution in [0.3, 0.4) is 0 Å². The lowest BCUT2D eigenvalue weighted by atomic mass is 9.97. The van der Waals surface area contributed by atoms with Crippen molar-refractivity contribution in [1.82, 2.24) is 25.9 Å². The van der Waals surface area contributed by atoms with Gasteiger partial charge in [0.2, 0.25) is 11.9 Å². The number of hydrogen-bond acceptors (Lipinski definition) is 10. The second-order valence-electron chi connectivity index (χ2n) is 8.61. The lowest BCUT2D eigenvalue weighted by Crippen LogP contribution is -2.43. The number of aliphatic hydroxyl groups excluding tert-OH is 2. The van der Waals surface area contributed by atoms with Gasteiger partial charge in [-0.2, -0.15) is 0 Å². The number of aliphatic hydroxyl groups is 2. The van der Waals surface area contributed by atoms with E-state index in [2.05, 4.69) is 25.9 Å². The first kappa shape index (κ1) is 28.2. The van der Waals surface area contributed by atoms with E-state index < -0.39 is 25.0 Å². The number of nitrogens with two attached hydrogens (primary N) is 1. The maximum atomic E-state index is 13.0. The molecule has 7 N–H and O–H groups in total. The van der Waals surface area contributed by atoms with Crippen molar-refractivity contribution in [2.75, 3.05) is 31.2 Å². The second kappa shape index (κ2) is 13.2. The van der Waals surface area contributed by atoms with Crippen LogP contribution >= 0.6 is 11.8 Å². The van der Waals surface area contributed by atoms with Gasteiger partial charge in [0.25, 0.3) is 5.91 Å². The standard InChI is InChI=1S/C24H32N6O6S/c1-13-8-14(2)17-9-16(13)18-10-21(30-23(25)28-18)37-7-5-19(33)29-20(4-3-6-26-22(17)34)36-24(35)27-11-15(32)12-31/h8-10,15,20,31-32H,3-7,11-12H2,1-2H3,(H,26,34)(H,27,35)(H,29,33)(H2,25,28,30). The molecule has 13 heteroatoms. The SMILES string of the molecule is Cc1cc(C)c2cc1C(=O)NCCCC(OC(=O)NCC(O)CO)NC(=O)CCSc1cc-2nc(N)n1. The summed E-state index contributed by atoms with van der Waals surface area (Å²) in [5.74, 6) is -0.132. The molecule has 1 aromatic heterocycles. The van der Waals surface area contributed by atoms with Crippen LogP contribution in [0.2, 0.25) is 0 Å². The van der Waals surface area contributed by atoms with E-state index in [9.17, 15) is 19.5 Å². The number of nitrogen functional groups attached to an aromatic ring is 1. The van der Waals surface area contributed by atoms with E-state index in [-0.39, 0.29) is 43.7 Å². The van der Waals surface area contributed by atoms with Gasteiger partial charge in [-0.05, 0) is 43.5 Å². The maximum absolute atomic E-state index is 13.0. The molecule has 0 aliphatic carbocycles. The number of nitrogens with one attached hydrogen (secondary N) is 3. The molecule has 2 aromatic rings. The van der Waals surface area contributed by atoms with Gasteiger partial charge in [0.05, 0.1) is 18.4 Å². The van der Waals surface area contributed by atoms with Gasteiger partial charge in [0, 0.05) is 42.8 Å².